The van der Waals surface area contributed by atoms with E-state index in [4.69, 9.17) is 0 Å². The first kappa shape index (κ1) is 14.3. The normalized spacial score (nSPS) is 10.7. The highest BCUT2D eigenvalue weighted by molar-refractivity contribution is 5.70. The monoisotopic (exact) mass is 299 g/mol. The van der Waals surface area contributed by atoms with E-state index in [1.807, 2.05) is 37.3 Å². The Labute approximate surface area is 126 Å². The third-order valence-electron chi connectivity index (χ3n) is 3.48. The molecule has 22 heavy (non-hydrogen) atoms. The molecule has 1 aromatic heterocycles. The molecule has 0 radical (unpaired) electrons. The average Bonchev–Trinajstić information content (AvgIpc) is 2.53. The molecule has 3 aromatic rings. The molecule has 110 valence electrons. The molecule has 2 aromatic carbocycles. The zero-order valence-corrected chi connectivity index (χ0v) is 11.8. The SMILES string of the molecule is Cc1cc(-c2cc(F)c(F)c(F)c2)ncc1-c1ccccc1. The molecule has 4 heteroatoms. The van der Waals surface area contributed by atoms with Gasteiger partial charge in [-0.25, -0.2) is 13.2 Å². The van der Waals surface area contributed by atoms with E-state index >= 15 is 0 Å². The summed E-state index contributed by atoms with van der Waals surface area (Å²) in [4.78, 5) is 4.24. The fourth-order valence-corrected chi connectivity index (χ4v) is 2.34. The number of aromatic nitrogens is 1. The van der Waals surface area contributed by atoms with Crippen LogP contribution in [0, 0.1) is 24.4 Å². The highest BCUT2D eigenvalue weighted by atomic mass is 19.2. The zero-order chi connectivity index (χ0) is 15.7. The molecule has 0 saturated heterocycles. The van der Waals surface area contributed by atoms with E-state index in [1.54, 1.807) is 12.3 Å². The second-order valence-electron chi connectivity index (χ2n) is 5.00. The first-order valence-electron chi connectivity index (χ1n) is 6.73. The second-order valence-corrected chi connectivity index (χ2v) is 5.00. The minimum atomic E-state index is -1.47. The van der Waals surface area contributed by atoms with Crippen molar-refractivity contribution in [1.29, 1.82) is 0 Å². The largest absolute Gasteiger partial charge is 0.256 e. The van der Waals surface area contributed by atoms with Gasteiger partial charge in [0, 0.05) is 17.3 Å². The van der Waals surface area contributed by atoms with Crippen LogP contribution in [0.15, 0.2) is 54.7 Å². The van der Waals surface area contributed by atoms with Gasteiger partial charge in [-0.2, -0.15) is 0 Å². The van der Waals surface area contributed by atoms with Crippen molar-refractivity contribution in [3.8, 4) is 22.4 Å². The quantitative estimate of drug-likeness (QED) is 0.597. The van der Waals surface area contributed by atoms with Crippen LogP contribution in [0.2, 0.25) is 0 Å². The van der Waals surface area contributed by atoms with Crippen LogP contribution >= 0.6 is 0 Å². The number of nitrogens with zero attached hydrogens (tertiary/aromatic N) is 1. The van der Waals surface area contributed by atoms with E-state index < -0.39 is 17.5 Å². The highest BCUT2D eigenvalue weighted by Gasteiger charge is 2.13. The Hall–Kier alpha value is -2.62. The van der Waals surface area contributed by atoms with Crippen LogP contribution in [0.3, 0.4) is 0 Å². The van der Waals surface area contributed by atoms with Gasteiger partial charge in [-0.1, -0.05) is 30.3 Å². The Balaban J connectivity index is 2.06. The minimum absolute atomic E-state index is 0.208. The Bertz CT molecular complexity index is 806. The average molecular weight is 299 g/mol. The molecule has 0 aliphatic rings. The summed E-state index contributed by atoms with van der Waals surface area (Å²) in [5.74, 6) is -3.91. The maximum Gasteiger partial charge on any atom is 0.194 e. The first-order valence-corrected chi connectivity index (χ1v) is 6.73. The smallest absolute Gasteiger partial charge is 0.194 e. The molecule has 1 nitrogen and oxygen atoms in total. The van der Waals surface area contributed by atoms with Crippen molar-refractivity contribution in [1.82, 2.24) is 4.98 Å². The maximum absolute atomic E-state index is 13.3. The van der Waals surface area contributed by atoms with Crippen LogP contribution in [0.5, 0.6) is 0 Å². The number of aryl methyl sites for hydroxylation is 1. The van der Waals surface area contributed by atoms with E-state index in [2.05, 4.69) is 4.98 Å². The van der Waals surface area contributed by atoms with Gasteiger partial charge in [-0.05, 0) is 36.2 Å². The maximum atomic E-state index is 13.3. The molecule has 0 amide bonds. The van der Waals surface area contributed by atoms with Gasteiger partial charge in [0.25, 0.3) is 0 Å². The fraction of sp³-hybridized carbons (Fsp3) is 0.0556. The summed E-state index contributed by atoms with van der Waals surface area (Å²) in [5, 5.41) is 0. The highest BCUT2D eigenvalue weighted by Crippen LogP contribution is 2.27. The van der Waals surface area contributed by atoms with E-state index in [-0.39, 0.29) is 5.56 Å². The number of hydrogen-bond acceptors (Lipinski definition) is 1. The Morgan fingerprint density at radius 2 is 1.45 bits per heavy atom. The van der Waals surface area contributed by atoms with Crippen LogP contribution in [-0.4, -0.2) is 4.98 Å². The summed E-state index contributed by atoms with van der Waals surface area (Å²) in [7, 11) is 0. The Kier molecular flexibility index (Phi) is 3.67. The lowest BCUT2D eigenvalue weighted by Gasteiger charge is -2.09. The molecule has 0 saturated carbocycles. The summed E-state index contributed by atoms with van der Waals surface area (Å²) < 4.78 is 39.7. The van der Waals surface area contributed by atoms with Gasteiger partial charge in [0.2, 0.25) is 0 Å². The molecule has 0 aliphatic carbocycles. The van der Waals surface area contributed by atoms with E-state index in [0.717, 1.165) is 28.8 Å². The predicted molar refractivity (Wildman–Crippen MR) is 79.7 cm³/mol. The summed E-state index contributed by atoms with van der Waals surface area (Å²) >= 11 is 0. The molecule has 0 bridgehead atoms. The summed E-state index contributed by atoms with van der Waals surface area (Å²) in [5.41, 5.74) is 3.47. The van der Waals surface area contributed by atoms with Gasteiger partial charge >= 0.3 is 0 Å². The van der Waals surface area contributed by atoms with Crippen molar-refractivity contribution in [2.24, 2.45) is 0 Å². The molecule has 0 N–H and O–H groups in total. The van der Waals surface area contributed by atoms with Gasteiger partial charge in [-0.15, -0.1) is 0 Å². The van der Waals surface area contributed by atoms with Crippen LogP contribution < -0.4 is 0 Å². The third-order valence-corrected chi connectivity index (χ3v) is 3.48. The molecule has 0 aliphatic heterocycles. The molecule has 1 heterocycles. The molecule has 0 atom stereocenters. The number of benzene rings is 2. The topological polar surface area (TPSA) is 12.9 Å². The third kappa shape index (κ3) is 2.60. The summed E-state index contributed by atoms with van der Waals surface area (Å²) in [6.07, 6.45) is 1.65. The van der Waals surface area contributed by atoms with Crippen molar-refractivity contribution in [3.63, 3.8) is 0 Å². The van der Waals surface area contributed by atoms with Crippen LogP contribution in [0.4, 0.5) is 13.2 Å². The molecule has 0 unspecified atom stereocenters. The second kappa shape index (κ2) is 5.64. The van der Waals surface area contributed by atoms with E-state index in [1.165, 1.54) is 0 Å². The predicted octanol–water partition coefficient (Wildman–Crippen LogP) is 5.14. The van der Waals surface area contributed by atoms with Crippen molar-refractivity contribution < 1.29 is 13.2 Å². The fourth-order valence-electron chi connectivity index (χ4n) is 2.34. The number of halogens is 3. The van der Waals surface area contributed by atoms with Crippen molar-refractivity contribution in [2.75, 3.05) is 0 Å². The van der Waals surface area contributed by atoms with Crippen LogP contribution in [0.25, 0.3) is 22.4 Å². The zero-order valence-electron chi connectivity index (χ0n) is 11.8. The lowest BCUT2D eigenvalue weighted by Crippen LogP contribution is -1.94. The first-order chi connectivity index (χ1) is 10.6. The molecule has 3 rings (SSSR count). The van der Waals surface area contributed by atoms with Gasteiger partial charge in [0.05, 0.1) is 5.69 Å². The standard InChI is InChI=1S/C18H12F3N/c1-11-7-17(13-8-15(19)18(21)16(20)9-13)22-10-14(11)12-5-3-2-4-6-12/h2-10H,1H3. The van der Waals surface area contributed by atoms with Crippen molar-refractivity contribution in [3.05, 3.63) is 77.7 Å². The van der Waals surface area contributed by atoms with Gasteiger partial charge in [-0.3, -0.25) is 4.98 Å². The van der Waals surface area contributed by atoms with Crippen molar-refractivity contribution in [2.45, 2.75) is 6.92 Å². The van der Waals surface area contributed by atoms with E-state index in [9.17, 15) is 13.2 Å². The summed E-state index contributed by atoms with van der Waals surface area (Å²) in [6.45, 7) is 1.89. The molecule has 0 spiro atoms. The number of hydrogen-bond donors (Lipinski definition) is 0. The summed E-state index contributed by atoms with van der Waals surface area (Å²) in [6, 6.07) is 13.3. The van der Waals surface area contributed by atoms with Crippen LogP contribution in [-0.2, 0) is 0 Å². The Morgan fingerprint density at radius 3 is 2.05 bits per heavy atom. The van der Waals surface area contributed by atoms with E-state index in [0.29, 0.717) is 5.69 Å². The Morgan fingerprint density at radius 1 is 0.818 bits per heavy atom. The molecular weight excluding hydrogens is 287 g/mol. The van der Waals surface area contributed by atoms with Gasteiger partial charge in [0.1, 0.15) is 0 Å². The van der Waals surface area contributed by atoms with Gasteiger partial charge in [0.15, 0.2) is 17.5 Å². The molecular formula is C18H12F3N. The van der Waals surface area contributed by atoms with Crippen molar-refractivity contribution >= 4 is 0 Å². The minimum Gasteiger partial charge on any atom is -0.256 e. The number of pyridine rings is 1. The molecule has 0 fully saturated rings. The number of rotatable bonds is 2. The van der Waals surface area contributed by atoms with Crippen LogP contribution in [0.1, 0.15) is 5.56 Å². The van der Waals surface area contributed by atoms with Gasteiger partial charge < -0.3 is 0 Å². The lowest BCUT2D eigenvalue weighted by atomic mass is 10.0. The lowest BCUT2D eigenvalue weighted by molar-refractivity contribution is 0.447.